The molecule has 0 unspecified atom stereocenters. The molecule has 0 spiro atoms. The van der Waals surface area contributed by atoms with Crippen LogP contribution in [0.1, 0.15) is 44.6 Å². The van der Waals surface area contributed by atoms with Crippen LogP contribution in [0, 0.1) is 11.3 Å². The molecule has 1 aliphatic rings. The topological polar surface area (TPSA) is 79.6 Å². The van der Waals surface area contributed by atoms with E-state index in [1.807, 2.05) is 6.07 Å². The summed E-state index contributed by atoms with van der Waals surface area (Å²) < 4.78 is 10.3. The number of nitriles is 1. The standard InChI is InChI=1S/C21H26N2O4/c1-15(20(24)23(2)18-7-5-4-6-8-18)27-21(25)17(14-22)13-16-9-11-19(26-3)12-10-16/h9-13,15,18H,4-8H2,1-3H3/b17-13+/t15-/m1/s1. The van der Waals surface area contributed by atoms with Gasteiger partial charge in [-0.3, -0.25) is 4.79 Å². The van der Waals surface area contributed by atoms with E-state index in [4.69, 9.17) is 9.47 Å². The van der Waals surface area contributed by atoms with Gasteiger partial charge >= 0.3 is 5.97 Å². The maximum absolute atomic E-state index is 12.5. The lowest BCUT2D eigenvalue weighted by Gasteiger charge is -2.32. The number of hydrogen-bond acceptors (Lipinski definition) is 5. The summed E-state index contributed by atoms with van der Waals surface area (Å²) in [5.74, 6) is -0.360. The average molecular weight is 370 g/mol. The Morgan fingerprint density at radius 3 is 2.41 bits per heavy atom. The first-order valence-corrected chi connectivity index (χ1v) is 9.19. The van der Waals surface area contributed by atoms with Gasteiger partial charge in [-0.15, -0.1) is 0 Å². The molecule has 0 radical (unpaired) electrons. The van der Waals surface area contributed by atoms with E-state index >= 15 is 0 Å². The molecule has 0 aromatic heterocycles. The van der Waals surface area contributed by atoms with E-state index in [-0.39, 0.29) is 17.5 Å². The van der Waals surface area contributed by atoms with Crippen molar-refractivity contribution in [3.8, 4) is 11.8 Å². The highest BCUT2D eigenvalue weighted by Gasteiger charge is 2.28. The van der Waals surface area contributed by atoms with Crippen LogP contribution in [0.2, 0.25) is 0 Å². The van der Waals surface area contributed by atoms with Crippen LogP contribution in [-0.2, 0) is 14.3 Å². The Labute approximate surface area is 160 Å². The molecule has 1 amide bonds. The van der Waals surface area contributed by atoms with E-state index < -0.39 is 12.1 Å². The monoisotopic (exact) mass is 370 g/mol. The van der Waals surface area contributed by atoms with Crippen LogP contribution < -0.4 is 4.74 Å². The molecule has 1 aromatic rings. The number of nitrogens with zero attached hydrogens (tertiary/aromatic N) is 2. The van der Waals surface area contributed by atoms with Crippen molar-refractivity contribution in [1.29, 1.82) is 5.26 Å². The molecule has 1 aliphatic carbocycles. The van der Waals surface area contributed by atoms with Gasteiger partial charge < -0.3 is 14.4 Å². The summed E-state index contributed by atoms with van der Waals surface area (Å²) in [6, 6.07) is 8.97. The van der Waals surface area contributed by atoms with E-state index in [2.05, 4.69) is 0 Å². The van der Waals surface area contributed by atoms with Crippen molar-refractivity contribution in [1.82, 2.24) is 4.90 Å². The summed E-state index contributed by atoms with van der Waals surface area (Å²) in [5.41, 5.74) is 0.516. The van der Waals surface area contributed by atoms with Crippen LogP contribution in [0.3, 0.4) is 0 Å². The van der Waals surface area contributed by atoms with Gasteiger partial charge in [-0.05, 0) is 43.5 Å². The minimum absolute atomic E-state index is 0.153. The predicted molar refractivity (Wildman–Crippen MR) is 102 cm³/mol. The second kappa shape index (κ2) is 9.77. The molecule has 1 fully saturated rings. The highest BCUT2D eigenvalue weighted by molar-refractivity contribution is 5.99. The molecule has 1 aromatic carbocycles. The number of amides is 1. The molecule has 1 atom stereocenters. The van der Waals surface area contributed by atoms with Crippen LogP contribution in [-0.4, -0.2) is 43.1 Å². The van der Waals surface area contributed by atoms with Gasteiger partial charge in [0.2, 0.25) is 0 Å². The third-order valence-electron chi connectivity index (χ3n) is 4.87. The van der Waals surface area contributed by atoms with Gasteiger partial charge in [0.15, 0.2) is 6.10 Å². The van der Waals surface area contributed by atoms with Crippen molar-refractivity contribution in [2.45, 2.75) is 51.2 Å². The molecule has 144 valence electrons. The minimum atomic E-state index is -0.933. The lowest BCUT2D eigenvalue weighted by Crippen LogP contribution is -2.44. The number of ether oxygens (including phenoxy) is 2. The number of esters is 1. The van der Waals surface area contributed by atoms with E-state index in [9.17, 15) is 14.9 Å². The van der Waals surface area contributed by atoms with Crippen LogP contribution in [0.25, 0.3) is 6.08 Å². The fraction of sp³-hybridized carbons (Fsp3) is 0.476. The van der Waals surface area contributed by atoms with Crippen molar-refractivity contribution in [3.63, 3.8) is 0 Å². The molecule has 6 nitrogen and oxygen atoms in total. The Hall–Kier alpha value is -2.81. The zero-order valence-corrected chi connectivity index (χ0v) is 16.1. The zero-order valence-electron chi connectivity index (χ0n) is 16.1. The van der Waals surface area contributed by atoms with Gasteiger partial charge in [0, 0.05) is 13.1 Å². The lowest BCUT2D eigenvalue weighted by molar-refractivity contribution is -0.156. The highest BCUT2D eigenvalue weighted by Crippen LogP contribution is 2.22. The third kappa shape index (κ3) is 5.58. The fourth-order valence-electron chi connectivity index (χ4n) is 3.21. The predicted octanol–water partition coefficient (Wildman–Crippen LogP) is 3.32. The van der Waals surface area contributed by atoms with Gasteiger partial charge in [0.05, 0.1) is 7.11 Å². The normalized spacial score (nSPS) is 16.1. The van der Waals surface area contributed by atoms with E-state index in [1.165, 1.54) is 12.5 Å². The summed E-state index contributed by atoms with van der Waals surface area (Å²) in [7, 11) is 3.31. The maximum Gasteiger partial charge on any atom is 0.349 e. The summed E-state index contributed by atoms with van der Waals surface area (Å²) in [5, 5.41) is 9.28. The second-order valence-electron chi connectivity index (χ2n) is 6.73. The fourth-order valence-corrected chi connectivity index (χ4v) is 3.21. The second-order valence-corrected chi connectivity index (χ2v) is 6.73. The molecule has 0 aliphatic heterocycles. The molecule has 0 N–H and O–H groups in total. The smallest absolute Gasteiger partial charge is 0.349 e. The maximum atomic E-state index is 12.5. The van der Waals surface area contributed by atoms with Gasteiger partial charge in [0.25, 0.3) is 5.91 Å². The number of carbonyl (C=O) groups is 2. The van der Waals surface area contributed by atoms with E-state index in [1.54, 1.807) is 50.2 Å². The Bertz CT molecular complexity index is 728. The Kier molecular flexibility index (Phi) is 7.42. The quantitative estimate of drug-likeness (QED) is 0.436. The molecule has 2 rings (SSSR count). The lowest BCUT2D eigenvalue weighted by atomic mass is 9.94. The van der Waals surface area contributed by atoms with Gasteiger partial charge in [-0.2, -0.15) is 5.26 Å². The Morgan fingerprint density at radius 1 is 1.22 bits per heavy atom. The van der Waals surface area contributed by atoms with Crippen molar-refractivity contribution < 1.29 is 19.1 Å². The van der Waals surface area contributed by atoms with Crippen LogP contribution in [0.4, 0.5) is 0 Å². The molecular weight excluding hydrogens is 344 g/mol. The molecule has 6 heteroatoms. The van der Waals surface area contributed by atoms with Crippen LogP contribution in [0.5, 0.6) is 5.75 Å². The molecular formula is C21H26N2O4. The zero-order chi connectivity index (χ0) is 19.8. The summed E-state index contributed by atoms with van der Waals surface area (Å²) >= 11 is 0. The molecule has 0 saturated heterocycles. The first kappa shape index (κ1) is 20.5. The highest BCUT2D eigenvalue weighted by atomic mass is 16.5. The molecule has 27 heavy (non-hydrogen) atoms. The van der Waals surface area contributed by atoms with E-state index in [0.29, 0.717) is 11.3 Å². The number of methoxy groups -OCH3 is 1. The van der Waals surface area contributed by atoms with E-state index in [0.717, 1.165) is 25.7 Å². The molecule has 0 bridgehead atoms. The average Bonchev–Trinajstić information content (AvgIpc) is 2.71. The number of hydrogen-bond donors (Lipinski definition) is 0. The van der Waals surface area contributed by atoms with Crippen molar-refractivity contribution >= 4 is 18.0 Å². The largest absolute Gasteiger partial charge is 0.497 e. The van der Waals surface area contributed by atoms with Gasteiger partial charge in [-0.25, -0.2) is 4.79 Å². The van der Waals surface area contributed by atoms with Gasteiger partial charge in [0.1, 0.15) is 17.4 Å². The summed E-state index contributed by atoms with van der Waals surface area (Å²) in [6.07, 6.45) is 5.87. The Balaban J connectivity index is 2.00. The number of likely N-dealkylation sites (N-methyl/N-ethyl adjacent to an activating group) is 1. The van der Waals surface area contributed by atoms with Crippen molar-refractivity contribution in [3.05, 3.63) is 35.4 Å². The van der Waals surface area contributed by atoms with Crippen LogP contribution >= 0.6 is 0 Å². The summed E-state index contributed by atoms with van der Waals surface area (Å²) in [6.45, 7) is 1.54. The minimum Gasteiger partial charge on any atom is -0.497 e. The first-order valence-electron chi connectivity index (χ1n) is 9.19. The first-order chi connectivity index (χ1) is 13.0. The number of benzene rings is 1. The number of carbonyl (C=O) groups excluding carboxylic acids is 2. The Morgan fingerprint density at radius 2 is 1.85 bits per heavy atom. The summed E-state index contributed by atoms with van der Waals surface area (Å²) in [4.78, 5) is 26.5. The van der Waals surface area contributed by atoms with Crippen molar-refractivity contribution in [2.24, 2.45) is 0 Å². The van der Waals surface area contributed by atoms with Crippen LogP contribution in [0.15, 0.2) is 29.8 Å². The molecule has 0 heterocycles. The van der Waals surface area contributed by atoms with Crippen molar-refractivity contribution in [2.75, 3.05) is 14.2 Å². The number of rotatable bonds is 6. The SMILES string of the molecule is COc1ccc(/C=C(\C#N)C(=O)O[C@H](C)C(=O)N(C)C2CCCCC2)cc1. The van der Waals surface area contributed by atoms with Gasteiger partial charge in [-0.1, -0.05) is 31.4 Å². The molecule has 1 saturated carbocycles. The third-order valence-corrected chi connectivity index (χ3v) is 4.87.